The Morgan fingerprint density at radius 2 is 1.93 bits per heavy atom. The SMILES string of the molecule is Clc1cc(Cl)c2c(c1)C1CC(c3ccc(Br)cc3)=NN1C(c1cccnc1)O2. The lowest BCUT2D eigenvalue weighted by molar-refractivity contribution is -0.0191. The van der Waals surface area contributed by atoms with Gasteiger partial charge in [0.1, 0.15) is 5.75 Å². The smallest absolute Gasteiger partial charge is 0.215 e. The highest BCUT2D eigenvalue weighted by atomic mass is 79.9. The molecule has 5 rings (SSSR count). The van der Waals surface area contributed by atoms with Gasteiger partial charge in [0, 0.05) is 39.4 Å². The largest absolute Gasteiger partial charge is 0.463 e. The molecule has 28 heavy (non-hydrogen) atoms. The molecule has 2 aliphatic rings. The van der Waals surface area contributed by atoms with Gasteiger partial charge in [-0.3, -0.25) is 4.98 Å². The minimum Gasteiger partial charge on any atom is -0.463 e. The van der Waals surface area contributed by atoms with Gasteiger partial charge in [0.2, 0.25) is 6.23 Å². The summed E-state index contributed by atoms with van der Waals surface area (Å²) in [5.74, 6) is 0.661. The van der Waals surface area contributed by atoms with Crippen LogP contribution in [0.25, 0.3) is 0 Å². The minimum atomic E-state index is -0.405. The fourth-order valence-electron chi connectivity index (χ4n) is 3.67. The maximum Gasteiger partial charge on any atom is 0.215 e. The lowest BCUT2D eigenvalue weighted by atomic mass is 9.96. The quantitative estimate of drug-likeness (QED) is 0.431. The van der Waals surface area contributed by atoms with Gasteiger partial charge < -0.3 is 4.74 Å². The number of rotatable bonds is 2. The molecule has 2 unspecified atom stereocenters. The molecule has 1 aromatic heterocycles. The van der Waals surface area contributed by atoms with E-state index in [2.05, 4.69) is 33.0 Å². The number of fused-ring (bicyclic) bond motifs is 3. The van der Waals surface area contributed by atoms with Crippen molar-refractivity contribution in [1.82, 2.24) is 9.99 Å². The summed E-state index contributed by atoms with van der Waals surface area (Å²) >= 11 is 16.2. The Hall–Kier alpha value is -2.08. The van der Waals surface area contributed by atoms with Crippen LogP contribution in [0.5, 0.6) is 5.75 Å². The summed E-state index contributed by atoms with van der Waals surface area (Å²) in [6.07, 6.45) is 3.87. The molecule has 140 valence electrons. The van der Waals surface area contributed by atoms with E-state index in [0.29, 0.717) is 15.8 Å². The maximum atomic E-state index is 6.48. The molecular formula is C21H14BrCl2N3O. The fourth-order valence-corrected chi connectivity index (χ4v) is 4.49. The number of hydrogen-bond donors (Lipinski definition) is 0. The molecule has 3 heterocycles. The number of aromatic nitrogens is 1. The number of nitrogens with zero attached hydrogens (tertiary/aromatic N) is 3. The third kappa shape index (κ3) is 3.08. The first-order chi connectivity index (χ1) is 13.6. The van der Waals surface area contributed by atoms with E-state index in [0.717, 1.165) is 33.3 Å². The van der Waals surface area contributed by atoms with Crippen molar-refractivity contribution in [2.75, 3.05) is 0 Å². The average Bonchev–Trinajstić information content (AvgIpc) is 3.14. The zero-order valence-corrected chi connectivity index (χ0v) is 17.6. The van der Waals surface area contributed by atoms with Crippen LogP contribution in [-0.4, -0.2) is 15.7 Å². The molecular weight excluding hydrogens is 461 g/mol. The highest BCUT2D eigenvalue weighted by molar-refractivity contribution is 9.10. The van der Waals surface area contributed by atoms with Gasteiger partial charge in [-0.05, 0) is 35.9 Å². The van der Waals surface area contributed by atoms with Crippen LogP contribution in [0.15, 0.2) is 70.5 Å². The van der Waals surface area contributed by atoms with Crippen LogP contribution in [0.2, 0.25) is 10.0 Å². The van der Waals surface area contributed by atoms with Crippen molar-refractivity contribution < 1.29 is 4.74 Å². The summed E-state index contributed by atoms with van der Waals surface area (Å²) in [5.41, 5.74) is 3.95. The van der Waals surface area contributed by atoms with Crippen molar-refractivity contribution >= 4 is 44.8 Å². The molecule has 3 aromatic rings. The molecule has 0 bridgehead atoms. The van der Waals surface area contributed by atoms with Gasteiger partial charge in [0.05, 0.1) is 16.8 Å². The third-order valence-electron chi connectivity index (χ3n) is 4.96. The van der Waals surface area contributed by atoms with Crippen LogP contribution >= 0.6 is 39.1 Å². The van der Waals surface area contributed by atoms with Gasteiger partial charge in [0.15, 0.2) is 0 Å². The first kappa shape index (κ1) is 18.0. The Labute approximate surface area is 180 Å². The summed E-state index contributed by atoms with van der Waals surface area (Å²) in [4.78, 5) is 4.24. The Balaban J connectivity index is 1.63. The van der Waals surface area contributed by atoms with Crippen LogP contribution in [0.1, 0.15) is 35.4 Å². The molecule has 2 aliphatic heterocycles. The van der Waals surface area contributed by atoms with Crippen molar-refractivity contribution in [2.45, 2.75) is 18.7 Å². The first-order valence-corrected chi connectivity index (χ1v) is 10.3. The van der Waals surface area contributed by atoms with E-state index in [4.69, 9.17) is 33.0 Å². The molecule has 0 N–H and O–H groups in total. The normalized spacial score (nSPS) is 20.2. The van der Waals surface area contributed by atoms with E-state index in [1.54, 1.807) is 18.5 Å². The van der Waals surface area contributed by atoms with Gasteiger partial charge in [0.25, 0.3) is 0 Å². The number of ether oxygens (including phenoxy) is 1. The topological polar surface area (TPSA) is 37.7 Å². The number of pyridine rings is 1. The van der Waals surface area contributed by atoms with E-state index in [-0.39, 0.29) is 6.04 Å². The summed E-state index contributed by atoms with van der Waals surface area (Å²) in [6.45, 7) is 0. The summed E-state index contributed by atoms with van der Waals surface area (Å²) < 4.78 is 7.34. The fraction of sp³-hybridized carbons (Fsp3) is 0.143. The second-order valence-electron chi connectivity index (χ2n) is 6.72. The third-order valence-corrected chi connectivity index (χ3v) is 5.98. The molecule has 0 saturated heterocycles. The highest BCUT2D eigenvalue weighted by Crippen LogP contribution is 2.50. The zero-order valence-electron chi connectivity index (χ0n) is 14.5. The van der Waals surface area contributed by atoms with E-state index in [1.165, 1.54) is 0 Å². The van der Waals surface area contributed by atoms with E-state index in [9.17, 15) is 0 Å². The molecule has 0 aliphatic carbocycles. The molecule has 4 nitrogen and oxygen atoms in total. The highest BCUT2D eigenvalue weighted by Gasteiger charge is 2.42. The monoisotopic (exact) mass is 473 g/mol. The molecule has 0 amide bonds. The van der Waals surface area contributed by atoms with Crippen LogP contribution < -0.4 is 4.74 Å². The van der Waals surface area contributed by atoms with Crippen LogP contribution in [0, 0.1) is 0 Å². The zero-order chi connectivity index (χ0) is 19.3. The van der Waals surface area contributed by atoms with Gasteiger partial charge in [-0.1, -0.05) is 57.3 Å². The molecule has 2 atom stereocenters. The van der Waals surface area contributed by atoms with Crippen molar-refractivity contribution in [1.29, 1.82) is 0 Å². The van der Waals surface area contributed by atoms with E-state index in [1.807, 2.05) is 35.3 Å². The van der Waals surface area contributed by atoms with Crippen LogP contribution in [0.4, 0.5) is 0 Å². The van der Waals surface area contributed by atoms with Crippen LogP contribution in [-0.2, 0) is 0 Å². The second-order valence-corrected chi connectivity index (χ2v) is 8.48. The average molecular weight is 475 g/mol. The summed E-state index contributed by atoms with van der Waals surface area (Å²) in [6, 6.07) is 15.7. The molecule has 0 radical (unpaired) electrons. The molecule has 2 aromatic carbocycles. The Morgan fingerprint density at radius 1 is 1.11 bits per heavy atom. The number of hydrogen-bond acceptors (Lipinski definition) is 4. The molecule has 0 fully saturated rings. The summed E-state index contributed by atoms with van der Waals surface area (Å²) in [7, 11) is 0. The van der Waals surface area contributed by atoms with Crippen molar-refractivity contribution in [3.63, 3.8) is 0 Å². The van der Waals surface area contributed by atoms with Crippen molar-refractivity contribution in [3.05, 3.63) is 92.1 Å². The number of hydrazone groups is 1. The van der Waals surface area contributed by atoms with Crippen molar-refractivity contribution in [2.24, 2.45) is 5.10 Å². The number of halogens is 3. The molecule has 7 heteroatoms. The van der Waals surface area contributed by atoms with Gasteiger partial charge in [-0.15, -0.1) is 0 Å². The Kier molecular flexibility index (Phi) is 4.54. The van der Waals surface area contributed by atoms with E-state index < -0.39 is 6.23 Å². The molecule has 0 spiro atoms. The Morgan fingerprint density at radius 3 is 2.68 bits per heavy atom. The Bertz CT molecular complexity index is 1070. The van der Waals surface area contributed by atoms with Gasteiger partial charge >= 0.3 is 0 Å². The van der Waals surface area contributed by atoms with Crippen LogP contribution in [0.3, 0.4) is 0 Å². The number of benzene rings is 2. The lowest BCUT2D eigenvalue weighted by Crippen LogP contribution is -2.33. The maximum absolute atomic E-state index is 6.48. The van der Waals surface area contributed by atoms with Crippen molar-refractivity contribution in [3.8, 4) is 5.75 Å². The van der Waals surface area contributed by atoms with E-state index >= 15 is 0 Å². The predicted octanol–water partition coefficient (Wildman–Crippen LogP) is 6.39. The second kappa shape index (κ2) is 7.07. The molecule has 0 saturated carbocycles. The predicted molar refractivity (Wildman–Crippen MR) is 114 cm³/mol. The van der Waals surface area contributed by atoms with Gasteiger partial charge in [-0.25, -0.2) is 5.01 Å². The minimum absolute atomic E-state index is 0.0104. The van der Waals surface area contributed by atoms with Gasteiger partial charge in [-0.2, -0.15) is 5.10 Å². The standard InChI is InChI=1S/C21H14BrCl2N3O/c22-14-5-3-12(4-6-14)18-10-19-16-8-15(23)9-17(24)20(16)28-21(27(19)26-18)13-2-1-7-25-11-13/h1-9,11,19,21H,10H2. The lowest BCUT2D eigenvalue weighted by Gasteiger charge is -2.38. The summed E-state index contributed by atoms with van der Waals surface area (Å²) in [5, 5.41) is 8.01. The first-order valence-electron chi connectivity index (χ1n) is 8.77.